The summed E-state index contributed by atoms with van der Waals surface area (Å²) in [4.78, 5) is 11.2. The SMILES string of the molecule is CCC(=O)c1ccc(C(F)F)c(Br)c1. The molecule has 1 nitrogen and oxygen atoms in total. The van der Waals surface area contributed by atoms with Crippen molar-refractivity contribution in [1.82, 2.24) is 0 Å². The van der Waals surface area contributed by atoms with E-state index in [-0.39, 0.29) is 15.8 Å². The fourth-order valence-electron chi connectivity index (χ4n) is 1.08. The summed E-state index contributed by atoms with van der Waals surface area (Å²) < 4.78 is 24.9. The van der Waals surface area contributed by atoms with Gasteiger partial charge in [-0.3, -0.25) is 4.79 Å². The summed E-state index contributed by atoms with van der Waals surface area (Å²) >= 11 is 3.01. The third-order valence-corrected chi connectivity index (χ3v) is 2.57. The lowest BCUT2D eigenvalue weighted by atomic mass is 10.1. The molecule has 0 atom stereocenters. The van der Waals surface area contributed by atoms with Crippen LogP contribution in [0.2, 0.25) is 0 Å². The molecule has 1 rings (SSSR count). The number of carbonyl (C=O) groups is 1. The van der Waals surface area contributed by atoms with Crippen LogP contribution in [0.5, 0.6) is 0 Å². The molecule has 0 unspecified atom stereocenters. The Morgan fingerprint density at radius 3 is 2.57 bits per heavy atom. The predicted molar refractivity (Wildman–Crippen MR) is 53.7 cm³/mol. The van der Waals surface area contributed by atoms with E-state index in [1.165, 1.54) is 18.2 Å². The summed E-state index contributed by atoms with van der Waals surface area (Å²) in [5.41, 5.74) is 0.376. The predicted octanol–water partition coefficient (Wildman–Crippen LogP) is 3.98. The van der Waals surface area contributed by atoms with E-state index in [1.54, 1.807) is 6.92 Å². The number of hydrogen-bond acceptors (Lipinski definition) is 1. The number of alkyl halides is 2. The normalized spacial score (nSPS) is 10.6. The number of rotatable bonds is 3. The first-order valence-electron chi connectivity index (χ1n) is 4.17. The first kappa shape index (κ1) is 11.3. The molecule has 0 N–H and O–H groups in total. The highest BCUT2D eigenvalue weighted by Crippen LogP contribution is 2.28. The molecule has 1 aromatic rings. The highest BCUT2D eigenvalue weighted by molar-refractivity contribution is 9.10. The Labute approximate surface area is 89.3 Å². The Balaban J connectivity index is 3.06. The number of hydrogen-bond donors (Lipinski definition) is 0. The standard InChI is InChI=1S/C10H9BrF2O/c1-2-9(14)6-3-4-7(10(12)13)8(11)5-6/h3-5,10H,2H2,1H3. The third kappa shape index (κ3) is 2.38. The molecular weight excluding hydrogens is 254 g/mol. The summed E-state index contributed by atoms with van der Waals surface area (Å²) in [6, 6.07) is 4.14. The van der Waals surface area contributed by atoms with Crippen LogP contribution in [0.4, 0.5) is 8.78 Å². The fourth-order valence-corrected chi connectivity index (χ4v) is 1.63. The summed E-state index contributed by atoms with van der Waals surface area (Å²) in [5, 5.41) is 0. The zero-order valence-electron chi connectivity index (χ0n) is 7.56. The quantitative estimate of drug-likeness (QED) is 0.754. The van der Waals surface area contributed by atoms with Crippen molar-refractivity contribution in [3.05, 3.63) is 33.8 Å². The second-order valence-electron chi connectivity index (χ2n) is 2.81. The molecule has 0 aliphatic rings. The average Bonchev–Trinajstić information content (AvgIpc) is 2.15. The van der Waals surface area contributed by atoms with Crippen LogP contribution >= 0.6 is 15.9 Å². The van der Waals surface area contributed by atoms with Crippen molar-refractivity contribution in [3.8, 4) is 0 Å². The van der Waals surface area contributed by atoms with E-state index in [4.69, 9.17) is 0 Å². The van der Waals surface area contributed by atoms with Gasteiger partial charge in [-0.05, 0) is 6.07 Å². The van der Waals surface area contributed by atoms with Crippen molar-refractivity contribution >= 4 is 21.7 Å². The maximum Gasteiger partial charge on any atom is 0.264 e. The van der Waals surface area contributed by atoms with Crippen LogP contribution in [-0.4, -0.2) is 5.78 Å². The van der Waals surface area contributed by atoms with E-state index in [2.05, 4.69) is 15.9 Å². The molecule has 0 aliphatic heterocycles. The molecule has 0 saturated heterocycles. The second kappa shape index (κ2) is 4.64. The first-order chi connectivity index (χ1) is 6.56. The second-order valence-corrected chi connectivity index (χ2v) is 3.67. The molecule has 0 amide bonds. The van der Waals surface area contributed by atoms with E-state index < -0.39 is 6.43 Å². The van der Waals surface area contributed by atoms with E-state index >= 15 is 0 Å². The maximum atomic E-state index is 12.3. The fraction of sp³-hybridized carbons (Fsp3) is 0.300. The Hall–Kier alpha value is -0.770. The smallest absolute Gasteiger partial charge is 0.264 e. The van der Waals surface area contributed by atoms with Gasteiger partial charge >= 0.3 is 0 Å². The zero-order valence-corrected chi connectivity index (χ0v) is 9.14. The van der Waals surface area contributed by atoms with Crippen LogP contribution in [-0.2, 0) is 0 Å². The van der Waals surface area contributed by atoms with Gasteiger partial charge in [0.1, 0.15) is 0 Å². The number of benzene rings is 1. The Morgan fingerprint density at radius 1 is 1.50 bits per heavy atom. The van der Waals surface area contributed by atoms with Gasteiger partial charge in [-0.25, -0.2) is 8.78 Å². The lowest BCUT2D eigenvalue weighted by Gasteiger charge is -2.04. The van der Waals surface area contributed by atoms with Crippen molar-refractivity contribution in [2.45, 2.75) is 19.8 Å². The summed E-state index contributed by atoms with van der Waals surface area (Å²) in [7, 11) is 0. The minimum absolute atomic E-state index is 0.0495. The van der Waals surface area contributed by atoms with Crippen molar-refractivity contribution in [3.63, 3.8) is 0 Å². The molecule has 0 spiro atoms. The topological polar surface area (TPSA) is 17.1 Å². The van der Waals surface area contributed by atoms with Crippen LogP contribution in [0.1, 0.15) is 35.7 Å². The van der Waals surface area contributed by atoms with Gasteiger partial charge in [-0.1, -0.05) is 35.0 Å². The molecule has 0 bridgehead atoms. The number of ketones is 1. The largest absolute Gasteiger partial charge is 0.294 e. The summed E-state index contributed by atoms with van der Waals surface area (Å²) in [5.74, 6) is -0.0495. The first-order valence-corrected chi connectivity index (χ1v) is 4.96. The molecule has 0 heterocycles. The van der Waals surface area contributed by atoms with E-state index in [9.17, 15) is 13.6 Å². The van der Waals surface area contributed by atoms with Gasteiger partial charge in [0.25, 0.3) is 6.43 Å². The summed E-state index contributed by atoms with van der Waals surface area (Å²) in [6.07, 6.45) is -2.14. The van der Waals surface area contributed by atoms with Crippen LogP contribution < -0.4 is 0 Å². The molecule has 0 saturated carbocycles. The molecule has 0 fully saturated rings. The number of carbonyl (C=O) groups excluding carboxylic acids is 1. The highest BCUT2D eigenvalue weighted by atomic mass is 79.9. The maximum absolute atomic E-state index is 12.3. The Kier molecular flexibility index (Phi) is 3.75. The Morgan fingerprint density at radius 2 is 2.14 bits per heavy atom. The minimum Gasteiger partial charge on any atom is -0.294 e. The van der Waals surface area contributed by atoms with Crippen molar-refractivity contribution in [2.24, 2.45) is 0 Å². The van der Waals surface area contributed by atoms with Crippen molar-refractivity contribution in [1.29, 1.82) is 0 Å². The van der Waals surface area contributed by atoms with Gasteiger partial charge in [0.15, 0.2) is 5.78 Å². The van der Waals surface area contributed by atoms with E-state index in [1.807, 2.05) is 0 Å². The molecule has 0 aliphatic carbocycles. The third-order valence-electron chi connectivity index (χ3n) is 1.88. The van der Waals surface area contributed by atoms with Gasteiger partial charge in [0.05, 0.1) is 0 Å². The molecule has 4 heteroatoms. The minimum atomic E-state index is -2.52. The lowest BCUT2D eigenvalue weighted by molar-refractivity contribution is 0.0987. The van der Waals surface area contributed by atoms with Crippen LogP contribution in [0.3, 0.4) is 0 Å². The van der Waals surface area contributed by atoms with Crippen LogP contribution in [0.25, 0.3) is 0 Å². The van der Waals surface area contributed by atoms with E-state index in [0.717, 1.165) is 0 Å². The van der Waals surface area contributed by atoms with Gasteiger partial charge in [-0.2, -0.15) is 0 Å². The lowest BCUT2D eigenvalue weighted by Crippen LogP contribution is -1.97. The van der Waals surface area contributed by atoms with Crippen molar-refractivity contribution < 1.29 is 13.6 Å². The highest BCUT2D eigenvalue weighted by Gasteiger charge is 2.13. The van der Waals surface area contributed by atoms with Crippen LogP contribution in [0, 0.1) is 0 Å². The molecule has 0 radical (unpaired) electrons. The van der Waals surface area contributed by atoms with E-state index in [0.29, 0.717) is 12.0 Å². The molecular formula is C10H9BrF2O. The monoisotopic (exact) mass is 262 g/mol. The molecule has 0 aromatic heterocycles. The zero-order chi connectivity index (χ0) is 10.7. The van der Waals surface area contributed by atoms with Crippen molar-refractivity contribution in [2.75, 3.05) is 0 Å². The van der Waals surface area contributed by atoms with Crippen LogP contribution in [0.15, 0.2) is 22.7 Å². The molecule has 1 aromatic carbocycles. The number of halogens is 3. The van der Waals surface area contributed by atoms with Gasteiger partial charge in [0.2, 0.25) is 0 Å². The average molecular weight is 263 g/mol. The Bertz CT molecular complexity index is 350. The van der Waals surface area contributed by atoms with Gasteiger partial charge < -0.3 is 0 Å². The van der Waals surface area contributed by atoms with Gasteiger partial charge in [-0.15, -0.1) is 0 Å². The number of Topliss-reactive ketones (excluding diaryl/α,β-unsaturated/α-hetero) is 1. The van der Waals surface area contributed by atoms with Gasteiger partial charge in [0, 0.05) is 22.0 Å². The molecule has 76 valence electrons. The molecule has 14 heavy (non-hydrogen) atoms. The summed E-state index contributed by atoms with van der Waals surface area (Å²) in [6.45, 7) is 1.73.